The molecule has 47 heavy (non-hydrogen) atoms. The summed E-state index contributed by atoms with van der Waals surface area (Å²) in [6.45, 7) is 0.312. The number of benzene rings is 2. The van der Waals surface area contributed by atoms with Gasteiger partial charge < -0.3 is 5.73 Å². The van der Waals surface area contributed by atoms with Crippen LogP contribution in [0.25, 0.3) is 10.6 Å². The Morgan fingerprint density at radius 2 is 1.83 bits per heavy atom. The predicted octanol–water partition coefficient (Wildman–Crippen LogP) is 7.05. The maximum atomic E-state index is 14.4. The van der Waals surface area contributed by atoms with Gasteiger partial charge in [0.25, 0.3) is 12.5 Å². The van der Waals surface area contributed by atoms with Crippen LogP contribution in [-0.4, -0.2) is 51.5 Å². The number of aliphatic imine (C=N–C) groups is 1. The van der Waals surface area contributed by atoms with Gasteiger partial charge in [-0.25, -0.2) is 10.0 Å². The molecule has 4 aromatic rings. The van der Waals surface area contributed by atoms with Crippen molar-refractivity contribution in [2.45, 2.75) is 32.0 Å². The number of aromatic nitrogens is 2. The number of hydrazine groups is 1. The molecule has 1 aliphatic heterocycles. The molecule has 3 heterocycles. The zero-order valence-electron chi connectivity index (χ0n) is 24.5. The van der Waals surface area contributed by atoms with Crippen LogP contribution in [-0.2, 0) is 12.7 Å². The van der Waals surface area contributed by atoms with Crippen LogP contribution in [0.4, 0.5) is 18.9 Å². The lowest BCUT2D eigenvalue weighted by atomic mass is 10.1. The van der Waals surface area contributed by atoms with Crippen LogP contribution < -0.4 is 10.7 Å². The second kappa shape index (κ2) is 14.6. The molecule has 5 rings (SSSR count). The van der Waals surface area contributed by atoms with E-state index in [0.29, 0.717) is 50.4 Å². The van der Waals surface area contributed by atoms with Gasteiger partial charge in [0.05, 0.1) is 38.3 Å². The minimum Gasteiger partial charge on any atom is -0.382 e. The average molecular weight is 705 g/mol. The van der Waals surface area contributed by atoms with E-state index in [0.717, 1.165) is 31.4 Å². The molecule has 0 unspecified atom stereocenters. The molecule has 16 heteroatoms. The van der Waals surface area contributed by atoms with E-state index in [2.05, 4.69) is 27.0 Å². The fraction of sp³-hybridized carbons (Fsp3) is 0.258. The number of H-pyrrole nitrogens is 1. The van der Waals surface area contributed by atoms with Gasteiger partial charge in [-0.1, -0.05) is 41.5 Å². The van der Waals surface area contributed by atoms with Crippen LogP contribution in [0.5, 0.6) is 0 Å². The van der Waals surface area contributed by atoms with Crippen molar-refractivity contribution in [3.63, 3.8) is 0 Å². The van der Waals surface area contributed by atoms with Crippen molar-refractivity contribution in [3.05, 3.63) is 102 Å². The number of carbonyl (C=O) groups excluding carboxylic acids is 1. The third-order valence-electron chi connectivity index (χ3n) is 7.14. The van der Waals surface area contributed by atoms with Gasteiger partial charge in [-0.05, 0) is 67.4 Å². The lowest BCUT2D eigenvalue weighted by Crippen LogP contribution is -2.49. The molecule has 2 aromatic heterocycles. The van der Waals surface area contributed by atoms with E-state index in [4.69, 9.17) is 28.9 Å². The second-order valence-electron chi connectivity index (χ2n) is 10.4. The van der Waals surface area contributed by atoms with Crippen molar-refractivity contribution < 1.29 is 22.9 Å². The Morgan fingerprint density at radius 1 is 1.11 bits per heavy atom. The van der Waals surface area contributed by atoms with Crippen LogP contribution in [0, 0.1) is 22.0 Å². The third-order valence-corrected chi connectivity index (χ3v) is 8.70. The Kier molecular flexibility index (Phi) is 10.5. The number of nitrogens with two attached hydrogens (primary N) is 1. The number of alkyl halides is 3. The number of halogens is 5. The quantitative estimate of drug-likeness (QED) is 0.0665. The number of nitrogens with one attached hydrogen (secondary N) is 1. The number of thiophene rings is 1. The van der Waals surface area contributed by atoms with Crippen molar-refractivity contribution in [3.8, 4) is 22.4 Å². The molecule has 0 spiro atoms. The smallest absolute Gasteiger partial charge is 0.382 e. The van der Waals surface area contributed by atoms with Crippen molar-refractivity contribution >= 4 is 52.0 Å². The fourth-order valence-corrected chi connectivity index (χ4v) is 6.27. The molecule has 1 aliphatic rings. The van der Waals surface area contributed by atoms with Crippen molar-refractivity contribution in [1.29, 1.82) is 0 Å². The van der Waals surface area contributed by atoms with Crippen LogP contribution in [0.15, 0.2) is 59.6 Å². The normalized spacial score (nSPS) is 14.0. The lowest BCUT2D eigenvalue weighted by Gasteiger charge is -2.37. The van der Waals surface area contributed by atoms with Gasteiger partial charge >= 0.3 is 6.18 Å². The number of hydrogen-bond acceptors (Lipinski definition) is 7. The first kappa shape index (κ1) is 33.9. The van der Waals surface area contributed by atoms with Gasteiger partial charge in [0.15, 0.2) is 11.5 Å². The molecule has 0 bridgehead atoms. The van der Waals surface area contributed by atoms with Gasteiger partial charge in [-0.3, -0.25) is 25.0 Å². The van der Waals surface area contributed by atoms with Crippen LogP contribution in [0.3, 0.4) is 0 Å². The van der Waals surface area contributed by atoms with E-state index in [9.17, 15) is 28.1 Å². The highest BCUT2D eigenvalue weighted by Crippen LogP contribution is 2.35. The van der Waals surface area contributed by atoms with Crippen molar-refractivity contribution in [2.24, 2.45) is 10.7 Å². The van der Waals surface area contributed by atoms with Crippen LogP contribution in [0.2, 0.25) is 10.0 Å². The molecular weight excluding hydrogens is 678 g/mol. The number of amidine groups is 1. The van der Waals surface area contributed by atoms with E-state index in [1.54, 1.807) is 30.3 Å². The minimum atomic E-state index is -4.44. The maximum absolute atomic E-state index is 14.4. The van der Waals surface area contributed by atoms with Crippen molar-refractivity contribution in [1.82, 2.24) is 15.2 Å². The number of nitro groups is 1. The molecule has 1 amide bonds. The Bertz CT molecular complexity index is 1880. The van der Waals surface area contributed by atoms with Gasteiger partial charge in [0, 0.05) is 34.2 Å². The first-order valence-electron chi connectivity index (χ1n) is 14.2. The zero-order valence-corrected chi connectivity index (χ0v) is 26.8. The SMILES string of the molecule is NC(C[N+](=O)[O-])=NCc1c(C(=O)N(c2ccc(Cl)cc2Cl)N2CCCCC2)n[nH]c1-c1ccc(C#Cc2ccc(C(F)(F)F)cc2)s1. The van der Waals surface area contributed by atoms with Gasteiger partial charge in [-0.15, -0.1) is 11.3 Å². The fourth-order valence-electron chi connectivity index (χ4n) is 4.90. The summed E-state index contributed by atoms with van der Waals surface area (Å²) in [5.74, 6) is 5.07. The summed E-state index contributed by atoms with van der Waals surface area (Å²) < 4.78 is 38.7. The van der Waals surface area contributed by atoms with Gasteiger partial charge in [0.2, 0.25) is 0 Å². The second-order valence-corrected chi connectivity index (χ2v) is 12.4. The summed E-state index contributed by atoms with van der Waals surface area (Å²) in [5.41, 5.74) is 6.64. The molecule has 1 fully saturated rings. The van der Waals surface area contributed by atoms with E-state index in [-0.39, 0.29) is 23.1 Å². The highest BCUT2D eigenvalue weighted by molar-refractivity contribution is 7.16. The number of amides is 1. The summed E-state index contributed by atoms with van der Waals surface area (Å²) in [6, 6.07) is 12.8. The number of rotatable bonds is 8. The monoisotopic (exact) mass is 703 g/mol. The standard InChI is InChI=1S/C31H26Cl2F3N7O3S/c32-21-9-12-25(24(33)16-21)43(41-14-2-1-3-15-41)30(44)29-23(17-38-27(37)18-42(45)46)28(39-40-29)26-13-11-22(47-26)10-6-19-4-7-20(8-5-19)31(34,35)36/h4-5,7-9,11-13,16H,1-3,14-15,17-18H2,(H2,37,38)(H,39,40). The number of anilines is 1. The maximum Gasteiger partial charge on any atom is 0.416 e. The Morgan fingerprint density at radius 3 is 2.49 bits per heavy atom. The molecule has 0 aliphatic carbocycles. The Balaban J connectivity index is 1.52. The summed E-state index contributed by atoms with van der Waals surface area (Å²) in [7, 11) is 0. The molecule has 0 atom stereocenters. The number of nitrogens with zero attached hydrogens (tertiary/aromatic N) is 5. The molecule has 3 N–H and O–H groups in total. The first-order valence-corrected chi connectivity index (χ1v) is 15.8. The first-order chi connectivity index (χ1) is 22.4. The highest BCUT2D eigenvalue weighted by atomic mass is 35.5. The van der Waals surface area contributed by atoms with E-state index in [1.165, 1.54) is 28.5 Å². The molecule has 244 valence electrons. The summed E-state index contributed by atoms with van der Waals surface area (Å²) in [5, 5.41) is 22.3. The minimum absolute atomic E-state index is 0.0139. The predicted molar refractivity (Wildman–Crippen MR) is 175 cm³/mol. The molecular formula is C31H26Cl2F3N7O3S. The van der Waals surface area contributed by atoms with Crippen LogP contribution >= 0.6 is 34.5 Å². The lowest BCUT2D eigenvalue weighted by molar-refractivity contribution is -0.463. The molecule has 0 radical (unpaired) electrons. The molecule has 1 saturated heterocycles. The number of piperidine rings is 1. The van der Waals surface area contributed by atoms with E-state index >= 15 is 0 Å². The molecule has 2 aromatic carbocycles. The third kappa shape index (κ3) is 8.30. The van der Waals surface area contributed by atoms with Crippen molar-refractivity contribution in [2.75, 3.05) is 24.6 Å². The van der Waals surface area contributed by atoms with E-state index in [1.807, 2.05) is 5.01 Å². The molecule has 0 saturated carbocycles. The van der Waals surface area contributed by atoms with E-state index < -0.39 is 29.1 Å². The summed E-state index contributed by atoms with van der Waals surface area (Å²) >= 11 is 14.0. The zero-order chi connectivity index (χ0) is 33.7. The van der Waals surface area contributed by atoms with Crippen LogP contribution in [0.1, 0.15) is 51.3 Å². The summed E-state index contributed by atoms with van der Waals surface area (Å²) in [4.78, 5) is 30.2. The van der Waals surface area contributed by atoms with Gasteiger partial charge in [-0.2, -0.15) is 18.3 Å². The largest absolute Gasteiger partial charge is 0.416 e. The number of hydrogen-bond donors (Lipinski definition) is 2. The van der Waals surface area contributed by atoms with Gasteiger partial charge in [0.1, 0.15) is 0 Å². The molecule has 10 nitrogen and oxygen atoms in total. The average Bonchev–Trinajstić information content (AvgIpc) is 3.67. The number of carbonyl (C=O) groups is 1. The topological polar surface area (TPSA) is 134 Å². The summed E-state index contributed by atoms with van der Waals surface area (Å²) in [6.07, 6.45) is -1.71. The Labute approximate surface area is 281 Å². The number of aromatic amines is 1. The highest BCUT2D eigenvalue weighted by Gasteiger charge is 2.32. The Hall–Kier alpha value is -4.42.